The number of pyridine rings is 1. The molecule has 0 saturated heterocycles. The molecule has 0 spiro atoms. The van der Waals surface area contributed by atoms with Crippen molar-refractivity contribution in [3.63, 3.8) is 0 Å². The van der Waals surface area contributed by atoms with Crippen LogP contribution >= 0.6 is 11.6 Å². The highest BCUT2D eigenvalue weighted by molar-refractivity contribution is 7.89. The molecular weight excluding hydrogens is 319 g/mol. The van der Waals surface area contributed by atoms with Gasteiger partial charge in [0.2, 0.25) is 0 Å². The summed E-state index contributed by atoms with van der Waals surface area (Å²) in [4.78, 5) is 3.77. The van der Waals surface area contributed by atoms with Gasteiger partial charge >= 0.3 is 0 Å². The minimum atomic E-state index is -3.79. The molecule has 2 N–H and O–H groups in total. The van der Waals surface area contributed by atoms with E-state index in [2.05, 4.69) is 9.71 Å². The second kappa shape index (κ2) is 6.48. The summed E-state index contributed by atoms with van der Waals surface area (Å²) in [6.07, 6.45) is 1.28. The molecule has 5 nitrogen and oxygen atoms in total. The Morgan fingerprint density at radius 1 is 1.24 bits per heavy atom. The van der Waals surface area contributed by atoms with Gasteiger partial charge in [-0.25, -0.2) is 22.5 Å². The van der Waals surface area contributed by atoms with Crippen LogP contribution < -0.4 is 4.72 Å². The van der Waals surface area contributed by atoms with Crippen LogP contribution in [-0.4, -0.2) is 18.5 Å². The van der Waals surface area contributed by atoms with Crippen LogP contribution in [0, 0.1) is 5.82 Å². The highest BCUT2D eigenvalue weighted by atomic mass is 35.5. The van der Waals surface area contributed by atoms with Crippen molar-refractivity contribution < 1.29 is 17.9 Å². The number of hydrogen-bond acceptors (Lipinski definition) is 4. The quantitative estimate of drug-likeness (QED) is 0.876. The van der Waals surface area contributed by atoms with E-state index in [1.807, 2.05) is 0 Å². The average Bonchev–Trinajstić information content (AvgIpc) is 2.48. The van der Waals surface area contributed by atoms with E-state index in [0.717, 1.165) is 0 Å². The van der Waals surface area contributed by atoms with Crippen molar-refractivity contribution in [2.45, 2.75) is 18.2 Å². The molecule has 0 bridgehead atoms. The number of nitrogens with one attached hydrogen (secondary N) is 1. The van der Waals surface area contributed by atoms with Crippen molar-refractivity contribution in [1.82, 2.24) is 9.71 Å². The summed E-state index contributed by atoms with van der Waals surface area (Å²) in [6.45, 7) is -0.249. The Labute approximate surface area is 126 Å². The number of rotatable bonds is 5. The summed E-state index contributed by atoms with van der Waals surface area (Å²) in [7, 11) is -3.79. The average molecular weight is 331 g/mol. The molecular formula is C13H12ClFN2O3S. The summed E-state index contributed by atoms with van der Waals surface area (Å²) in [6, 6.07) is 6.72. The van der Waals surface area contributed by atoms with Crippen molar-refractivity contribution in [3.05, 3.63) is 58.5 Å². The molecule has 0 aliphatic heterocycles. The van der Waals surface area contributed by atoms with Crippen molar-refractivity contribution in [2.24, 2.45) is 0 Å². The van der Waals surface area contributed by atoms with Gasteiger partial charge in [0.05, 0.1) is 11.6 Å². The minimum Gasteiger partial charge on any atom is -0.392 e. The van der Waals surface area contributed by atoms with Gasteiger partial charge in [0.15, 0.2) is 5.03 Å². The van der Waals surface area contributed by atoms with Crippen molar-refractivity contribution >= 4 is 21.6 Å². The van der Waals surface area contributed by atoms with Crippen LogP contribution in [0.3, 0.4) is 0 Å². The van der Waals surface area contributed by atoms with E-state index in [-0.39, 0.29) is 23.2 Å². The van der Waals surface area contributed by atoms with Crippen LogP contribution in [0.25, 0.3) is 0 Å². The third-order valence-corrected chi connectivity index (χ3v) is 4.31. The summed E-state index contributed by atoms with van der Waals surface area (Å²) in [5.41, 5.74) is 1.04. The normalized spacial score (nSPS) is 11.6. The van der Waals surface area contributed by atoms with Crippen molar-refractivity contribution in [2.75, 3.05) is 0 Å². The van der Waals surface area contributed by atoms with Crippen LogP contribution in [0.4, 0.5) is 4.39 Å². The number of sulfonamides is 1. The Morgan fingerprint density at radius 3 is 2.52 bits per heavy atom. The third-order valence-electron chi connectivity index (χ3n) is 2.71. The third kappa shape index (κ3) is 3.98. The molecule has 1 aromatic heterocycles. The van der Waals surface area contributed by atoms with Gasteiger partial charge in [-0.2, -0.15) is 0 Å². The summed E-state index contributed by atoms with van der Waals surface area (Å²) in [5.74, 6) is -0.565. The largest absolute Gasteiger partial charge is 0.392 e. The van der Waals surface area contributed by atoms with Crippen LogP contribution in [0.2, 0.25) is 5.02 Å². The summed E-state index contributed by atoms with van der Waals surface area (Å²) < 4.78 is 39.4. The second-order valence-electron chi connectivity index (χ2n) is 4.24. The Hall–Kier alpha value is -1.54. The molecule has 0 amide bonds. The lowest BCUT2D eigenvalue weighted by Crippen LogP contribution is -2.24. The van der Waals surface area contributed by atoms with Crippen molar-refractivity contribution in [3.8, 4) is 0 Å². The Kier molecular flexibility index (Phi) is 4.89. The molecule has 1 aromatic carbocycles. The van der Waals surface area contributed by atoms with E-state index in [9.17, 15) is 12.8 Å². The first-order valence-corrected chi connectivity index (χ1v) is 7.78. The number of aliphatic hydroxyl groups excluding tert-OH is 1. The smallest absolute Gasteiger partial charge is 0.258 e. The lowest BCUT2D eigenvalue weighted by Gasteiger charge is -2.07. The standard InChI is InChI=1S/C13H12ClFN2O3S/c14-11-5-9(1-3-12(11)15)7-17-21(19,20)13-4-2-10(8-18)6-16-13/h1-6,17-18H,7-8H2. The fraction of sp³-hybridized carbons (Fsp3) is 0.154. The van der Waals surface area contributed by atoms with E-state index in [0.29, 0.717) is 11.1 Å². The van der Waals surface area contributed by atoms with Gasteiger partial charge in [-0.1, -0.05) is 23.7 Å². The molecule has 0 aliphatic rings. The number of halogens is 2. The molecule has 0 unspecified atom stereocenters. The van der Waals surface area contributed by atoms with Gasteiger partial charge in [-0.05, 0) is 29.3 Å². The first-order valence-electron chi connectivity index (χ1n) is 5.92. The lowest BCUT2D eigenvalue weighted by molar-refractivity contribution is 0.281. The number of hydrogen-bond donors (Lipinski definition) is 2. The minimum absolute atomic E-state index is 0.0359. The van der Waals surface area contributed by atoms with Gasteiger partial charge in [-0.3, -0.25) is 0 Å². The molecule has 0 saturated carbocycles. The van der Waals surface area contributed by atoms with Crippen molar-refractivity contribution in [1.29, 1.82) is 0 Å². The number of aromatic nitrogens is 1. The maximum Gasteiger partial charge on any atom is 0.258 e. The number of aliphatic hydroxyl groups is 1. The molecule has 2 aromatic rings. The topological polar surface area (TPSA) is 79.3 Å². The molecule has 2 rings (SSSR count). The number of nitrogens with zero attached hydrogens (tertiary/aromatic N) is 1. The highest BCUT2D eigenvalue weighted by Gasteiger charge is 2.15. The van der Waals surface area contributed by atoms with Gasteiger partial charge in [0.1, 0.15) is 5.82 Å². The first-order chi connectivity index (χ1) is 9.92. The van der Waals surface area contributed by atoms with E-state index in [1.165, 1.54) is 36.5 Å². The van der Waals surface area contributed by atoms with E-state index < -0.39 is 15.8 Å². The molecule has 0 radical (unpaired) electrons. The zero-order valence-electron chi connectivity index (χ0n) is 10.8. The molecule has 21 heavy (non-hydrogen) atoms. The molecule has 0 fully saturated rings. The molecule has 0 atom stereocenters. The first kappa shape index (κ1) is 15.8. The highest BCUT2D eigenvalue weighted by Crippen LogP contribution is 2.16. The van der Waals surface area contributed by atoms with Gasteiger partial charge in [-0.15, -0.1) is 0 Å². The van der Waals surface area contributed by atoms with E-state index in [1.54, 1.807) is 0 Å². The lowest BCUT2D eigenvalue weighted by atomic mass is 10.2. The molecule has 112 valence electrons. The zero-order valence-corrected chi connectivity index (χ0v) is 12.3. The SMILES string of the molecule is O=S(=O)(NCc1ccc(F)c(Cl)c1)c1ccc(CO)cn1. The maximum absolute atomic E-state index is 13.0. The van der Waals surface area contributed by atoms with E-state index in [4.69, 9.17) is 16.7 Å². The molecule has 1 heterocycles. The zero-order chi connectivity index (χ0) is 15.5. The monoisotopic (exact) mass is 330 g/mol. The van der Waals surface area contributed by atoms with Crippen LogP contribution in [0.5, 0.6) is 0 Å². The fourth-order valence-electron chi connectivity index (χ4n) is 1.57. The van der Waals surface area contributed by atoms with Crippen LogP contribution in [-0.2, 0) is 23.2 Å². The predicted molar refractivity (Wildman–Crippen MR) is 75.6 cm³/mol. The van der Waals surface area contributed by atoms with E-state index >= 15 is 0 Å². The second-order valence-corrected chi connectivity index (χ2v) is 6.36. The summed E-state index contributed by atoms with van der Waals surface area (Å²) >= 11 is 5.63. The molecule has 0 aliphatic carbocycles. The number of benzene rings is 1. The predicted octanol–water partition coefficient (Wildman–Crippen LogP) is 1.84. The summed E-state index contributed by atoms with van der Waals surface area (Å²) in [5, 5.41) is 8.65. The Bertz CT molecular complexity index is 736. The van der Waals surface area contributed by atoms with Gasteiger partial charge in [0.25, 0.3) is 10.0 Å². The van der Waals surface area contributed by atoms with Gasteiger partial charge in [0, 0.05) is 12.7 Å². The Balaban J connectivity index is 2.11. The van der Waals surface area contributed by atoms with Gasteiger partial charge < -0.3 is 5.11 Å². The maximum atomic E-state index is 13.0. The Morgan fingerprint density at radius 2 is 1.95 bits per heavy atom. The van der Waals surface area contributed by atoms with Crippen LogP contribution in [0.15, 0.2) is 41.6 Å². The van der Waals surface area contributed by atoms with Crippen LogP contribution in [0.1, 0.15) is 11.1 Å². The fourth-order valence-corrected chi connectivity index (χ4v) is 2.71. The molecule has 8 heteroatoms.